The molecule has 0 N–H and O–H groups in total. The molecule has 2 aliphatic heterocycles. The van der Waals surface area contributed by atoms with E-state index in [0.29, 0.717) is 12.2 Å². The molecule has 74 heavy (non-hydrogen) atoms. The van der Waals surface area contributed by atoms with E-state index < -0.39 is 67.4 Å². The van der Waals surface area contributed by atoms with Gasteiger partial charge in [-0.2, -0.15) is 0 Å². The van der Waals surface area contributed by atoms with Crippen LogP contribution in [-0.2, 0) is 91.7 Å². The van der Waals surface area contributed by atoms with Crippen molar-refractivity contribution in [2.75, 3.05) is 20.3 Å². The zero-order valence-electron chi connectivity index (χ0n) is 41.5. The van der Waals surface area contributed by atoms with Crippen LogP contribution in [0.4, 0.5) is 0 Å². The van der Waals surface area contributed by atoms with Gasteiger partial charge in [0.05, 0.1) is 58.4 Å². The molecule has 9 rings (SSSR count). The maximum absolute atomic E-state index is 14.3. The summed E-state index contributed by atoms with van der Waals surface area (Å²) in [4.78, 5) is 14.3. The molecule has 12 heteroatoms. The third-order valence-electron chi connectivity index (χ3n) is 12.9. The highest BCUT2D eigenvalue weighted by atomic mass is 16.8. The van der Waals surface area contributed by atoms with Crippen LogP contribution in [0.5, 0.6) is 0 Å². The number of benzene rings is 7. The lowest BCUT2D eigenvalue weighted by Gasteiger charge is -2.47. The maximum atomic E-state index is 14.3. The number of rotatable bonds is 25. The predicted octanol–water partition coefficient (Wildman–Crippen LogP) is 10.5. The lowest BCUT2D eigenvalue weighted by Crippen LogP contribution is -2.64. The van der Waals surface area contributed by atoms with E-state index in [4.69, 9.17) is 52.1 Å². The van der Waals surface area contributed by atoms with Gasteiger partial charge in [-0.05, 0) is 45.5 Å². The second-order valence-corrected chi connectivity index (χ2v) is 18.2. The Kier molecular flexibility index (Phi) is 19.7. The fourth-order valence-electron chi connectivity index (χ4n) is 9.09. The summed E-state index contributed by atoms with van der Waals surface area (Å²) in [6.45, 7) is 1.41. The molecule has 0 aromatic heterocycles. The number of ether oxygens (including phenoxy) is 11. The summed E-state index contributed by atoms with van der Waals surface area (Å²) in [7, 11) is 1.58. The van der Waals surface area contributed by atoms with Crippen molar-refractivity contribution in [3.8, 4) is 0 Å². The van der Waals surface area contributed by atoms with Gasteiger partial charge in [0.25, 0.3) is 0 Å². The first-order valence-electron chi connectivity index (χ1n) is 25.2. The van der Waals surface area contributed by atoms with E-state index in [1.807, 2.05) is 188 Å². The molecule has 0 spiro atoms. The van der Waals surface area contributed by atoms with Gasteiger partial charge in [-0.1, -0.05) is 200 Å². The van der Waals surface area contributed by atoms with Crippen LogP contribution in [0.25, 0.3) is 0 Å². The highest BCUT2D eigenvalue weighted by Gasteiger charge is 2.53. The molecule has 0 saturated carbocycles. The number of carbonyl (C=O) groups excluding carboxylic acids is 1. The highest BCUT2D eigenvalue weighted by molar-refractivity contribution is 5.89. The summed E-state index contributed by atoms with van der Waals surface area (Å²) < 4.78 is 74.1. The lowest BCUT2D eigenvalue weighted by atomic mass is 9.96. The monoisotopic (exact) mass is 1000 g/mol. The maximum Gasteiger partial charge on any atom is 0.338 e. The second-order valence-electron chi connectivity index (χ2n) is 18.2. The SMILES string of the molecule is CO[C@H]1O[C@H](CO[C@@H]2O[C@H](COCc3ccccc3)[C@H](OCc3ccccc3)[C@H](OCc3ccccc3)[C@H]2OC(=O)c2ccccc2)[C@@H](OCc2ccccc2)[C@H](OCc2ccccc2)[C@H]1OCc1ccccc1. The van der Waals surface area contributed by atoms with Gasteiger partial charge < -0.3 is 52.1 Å². The zero-order valence-corrected chi connectivity index (χ0v) is 41.5. The van der Waals surface area contributed by atoms with Crippen molar-refractivity contribution in [2.24, 2.45) is 0 Å². The Morgan fingerprint density at radius 1 is 0.351 bits per heavy atom. The van der Waals surface area contributed by atoms with Gasteiger partial charge in [0.2, 0.25) is 0 Å². The first kappa shape index (κ1) is 52.5. The molecule has 10 atom stereocenters. The molecule has 2 fully saturated rings. The third-order valence-corrected chi connectivity index (χ3v) is 12.9. The van der Waals surface area contributed by atoms with Crippen LogP contribution in [0.3, 0.4) is 0 Å². The molecule has 2 saturated heterocycles. The van der Waals surface area contributed by atoms with E-state index in [0.717, 1.165) is 33.4 Å². The van der Waals surface area contributed by atoms with E-state index in [-0.39, 0.29) is 46.2 Å². The molecule has 384 valence electrons. The molecular formula is C62H64O12. The van der Waals surface area contributed by atoms with Crippen LogP contribution < -0.4 is 0 Å². The minimum absolute atomic E-state index is 0.0864. The topological polar surface area (TPSA) is 119 Å². The first-order valence-corrected chi connectivity index (χ1v) is 25.2. The number of carbonyl (C=O) groups is 1. The Morgan fingerprint density at radius 3 is 1.08 bits per heavy atom. The predicted molar refractivity (Wildman–Crippen MR) is 277 cm³/mol. The van der Waals surface area contributed by atoms with Crippen LogP contribution in [0.15, 0.2) is 212 Å². The van der Waals surface area contributed by atoms with E-state index in [2.05, 4.69) is 0 Å². The van der Waals surface area contributed by atoms with E-state index in [9.17, 15) is 4.79 Å². The van der Waals surface area contributed by atoms with Gasteiger partial charge in [0.15, 0.2) is 18.7 Å². The lowest BCUT2D eigenvalue weighted by molar-refractivity contribution is -0.346. The highest BCUT2D eigenvalue weighted by Crippen LogP contribution is 2.35. The van der Waals surface area contributed by atoms with Crippen LogP contribution in [0.1, 0.15) is 43.7 Å². The van der Waals surface area contributed by atoms with Gasteiger partial charge in [-0.3, -0.25) is 0 Å². The van der Waals surface area contributed by atoms with Crippen molar-refractivity contribution in [3.63, 3.8) is 0 Å². The molecular weight excluding hydrogens is 937 g/mol. The molecule has 7 aromatic rings. The van der Waals surface area contributed by atoms with Gasteiger partial charge >= 0.3 is 5.97 Å². The quantitative estimate of drug-likeness (QED) is 0.0507. The molecule has 2 aliphatic rings. The van der Waals surface area contributed by atoms with E-state index in [1.165, 1.54) is 0 Å². The van der Waals surface area contributed by atoms with Gasteiger partial charge in [0.1, 0.15) is 42.7 Å². The van der Waals surface area contributed by atoms with Crippen molar-refractivity contribution in [1.29, 1.82) is 0 Å². The van der Waals surface area contributed by atoms with Gasteiger partial charge in [-0.15, -0.1) is 0 Å². The fourth-order valence-corrected chi connectivity index (χ4v) is 9.09. The molecule has 2 heterocycles. The minimum Gasteiger partial charge on any atom is -0.450 e. The molecule has 7 aromatic carbocycles. The second kappa shape index (κ2) is 27.8. The molecule has 0 radical (unpaired) electrons. The fraction of sp³-hybridized carbons (Fsp3) is 0.306. The van der Waals surface area contributed by atoms with E-state index >= 15 is 0 Å². The van der Waals surface area contributed by atoms with Gasteiger partial charge in [-0.25, -0.2) is 4.79 Å². The Labute approximate surface area is 433 Å². The summed E-state index contributed by atoms with van der Waals surface area (Å²) in [5, 5.41) is 0. The Balaban J connectivity index is 1.06. The Bertz CT molecular complexity index is 2650. The Morgan fingerprint density at radius 2 is 0.676 bits per heavy atom. The zero-order chi connectivity index (χ0) is 50.6. The molecule has 0 aliphatic carbocycles. The average Bonchev–Trinajstić information content (AvgIpc) is 3.46. The van der Waals surface area contributed by atoms with Crippen molar-refractivity contribution in [2.45, 2.75) is 101 Å². The van der Waals surface area contributed by atoms with Crippen LogP contribution in [-0.4, -0.2) is 87.7 Å². The Hall–Kier alpha value is -6.39. The number of hydrogen-bond acceptors (Lipinski definition) is 12. The summed E-state index contributed by atoms with van der Waals surface area (Å²) >= 11 is 0. The number of methoxy groups -OCH3 is 1. The number of hydrogen-bond donors (Lipinski definition) is 0. The van der Waals surface area contributed by atoms with E-state index in [1.54, 1.807) is 31.4 Å². The van der Waals surface area contributed by atoms with Crippen LogP contribution in [0, 0.1) is 0 Å². The summed E-state index contributed by atoms with van der Waals surface area (Å²) in [5.41, 5.74) is 6.07. The first-order chi connectivity index (χ1) is 36.6. The minimum atomic E-state index is -1.24. The van der Waals surface area contributed by atoms with Crippen molar-refractivity contribution < 1.29 is 56.9 Å². The molecule has 0 amide bonds. The van der Waals surface area contributed by atoms with Gasteiger partial charge in [0, 0.05) is 7.11 Å². The molecule has 0 bridgehead atoms. The van der Waals surface area contributed by atoms with Crippen molar-refractivity contribution >= 4 is 5.97 Å². The molecule has 0 unspecified atom stereocenters. The largest absolute Gasteiger partial charge is 0.450 e. The van der Waals surface area contributed by atoms with Crippen molar-refractivity contribution in [1.82, 2.24) is 0 Å². The smallest absolute Gasteiger partial charge is 0.338 e. The molecule has 12 nitrogen and oxygen atoms in total. The normalized spacial score (nSPS) is 23.7. The van der Waals surface area contributed by atoms with Crippen LogP contribution in [0.2, 0.25) is 0 Å². The summed E-state index contributed by atoms with van der Waals surface area (Å²) in [6.07, 6.45) is -8.93. The summed E-state index contributed by atoms with van der Waals surface area (Å²) in [6, 6.07) is 68.2. The third kappa shape index (κ3) is 14.9. The van der Waals surface area contributed by atoms with Crippen molar-refractivity contribution in [3.05, 3.63) is 251 Å². The summed E-state index contributed by atoms with van der Waals surface area (Å²) in [5.74, 6) is -0.591. The number of esters is 1. The average molecular weight is 1000 g/mol. The van der Waals surface area contributed by atoms with Crippen LogP contribution >= 0.6 is 0 Å². The standard InChI is InChI=1S/C62H64O12/c1-64-61-58(70-42-50-33-19-7-20-34-50)56(68-40-48-29-15-5-16-30-48)55(67-39-47-27-13-4-14-28-47)53(72-61)44-71-62-59(74-60(63)51-35-21-8-22-36-51)57(69-41-49-31-17-6-18-32-49)54(66-38-46-25-11-3-12-26-46)52(73-62)43-65-37-45-23-9-2-10-24-45/h2-36,52-59,61-62H,37-44H2,1H3/t52-,53-,54+,55-,56+,57+,58-,59-,61+,62-/m1/s1.